The van der Waals surface area contributed by atoms with Gasteiger partial charge in [0.2, 0.25) is 5.91 Å². The Morgan fingerprint density at radius 3 is 2.50 bits per heavy atom. The van der Waals surface area contributed by atoms with E-state index in [2.05, 4.69) is 20.6 Å². The first-order valence-corrected chi connectivity index (χ1v) is 9.86. The number of carbonyl (C=O) groups excluding carboxylic acids is 2. The topological polar surface area (TPSA) is 110 Å². The zero-order chi connectivity index (χ0) is 21.1. The lowest BCUT2D eigenvalue weighted by Gasteiger charge is -2.11. The Bertz CT molecular complexity index is 1090. The second-order valence-electron chi connectivity index (χ2n) is 7.56. The van der Waals surface area contributed by atoms with Crippen molar-refractivity contribution in [3.05, 3.63) is 77.4 Å². The van der Waals surface area contributed by atoms with Crippen LogP contribution in [0.5, 0.6) is 0 Å². The maximum atomic E-state index is 12.7. The smallest absolute Gasteiger partial charge is 0.256 e. The minimum absolute atomic E-state index is 0.00868. The van der Waals surface area contributed by atoms with Crippen molar-refractivity contribution >= 4 is 28.9 Å². The van der Waals surface area contributed by atoms with E-state index in [9.17, 15) is 9.59 Å². The summed E-state index contributed by atoms with van der Waals surface area (Å²) < 4.78 is 0. The number of nitrogens with two attached hydrogens (primary N) is 1. The van der Waals surface area contributed by atoms with Crippen molar-refractivity contribution in [3.8, 4) is 0 Å². The number of aromatic nitrogens is 2. The maximum absolute atomic E-state index is 12.7. The Hall–Kier alpha value is -3.74. The highest BCUT2D eigenvalue weighted by Crippen LogP contribution is 2.30. The lowest BCUT2D eigenvalue weighted by molar-refractivity contribution is -0.117. The van der Waals surface area contributed by atoms with Crippen LogP contribution in [0.4, 0.5) is 17.1 Å². The van der Waals surface area contributed by atoms with E-state index >= 15 is 0 Å². The van der Waals surface area contributed by atoms with Gasteiger partial charge in [-0.15, -0.1) is 0 Å². The molecule has 7 nitrogen and oxygen atoms in total. The van der Waals surface area contributed by atoms with Gasteiger partial charge < -0.3 is 16.4 Å². The van der Waals surface area contributed by atoms with Crippen molar-refractivity contribution in [1.29, 1.82) is 0 Å². The maximum Gasteiger partial charge on any atom is 0.256 e. The summed E-state index contributed by atoms with van der Waals surface area (Å²) in [5, 5.41) is 5.69. The number of aryl methyl sites for hydroxylation is 1. The van der Waals surface area contributed by atoms with Crippen molar-refractivity contribution < 1.29 is 9.59 Å². The summed E-state index contributed by atoms with van der Waals surface area (Å²) in [4.78, 5) is 33.4. The Morgan fingerprint density at radius 2 is 1.80 bits per heavy atom. The predicted molar refractivity (Wildman–Crippen MR) is 116 cm³/mol. The summed E-state index contributed by atoms with van der Waals surface area (Å²) in [6.45, 7) is 1.85. The van der Waals surface area contributed by atoms with Gasteiger partial charge in [0.05, 0.1) is 18.1 Å². The summed E-state index contributed by atoms with van der Waals surface area (Å²) in [5.41, 5.74) is 9.95. The first-order valence-electron chi connectivity index (χ1n) is 9.86. The molecular weight excluding hydrogens is 378 g/mol. The fourth-order valence-corrected chi connectivity index (χ4v) is 3.13. The minimum Gasteiger partial charge on any atom is -0.399 e. The summed E-state index contributed by atoms with van der Waals surface area (Å²) >= 11 is 0. The van der Waals surface area contributed by atoms with Gasteiger partial charge in [-0.25, -0.2) is 9.97 Å². The van der Waals surface area contributed by atoms with Gasteiger partial charge in [0, 0.05) is 29.3 Å². The van der Waals surface area contributed by atoms with E-state index in [1.165, 1.54) is 0 Å². The van der Waals surface area contributed by atoms with Crippen LogP contribution in [0.1, 0.15) is 40.2 Å². The number of rotatable bonds is 6. The molecule has 0 atom stereocenters. The molecule has 3 aromatic rings. The van der Waals surface area contributed by atoms with E-state index in [0.29, 0.717) is 34.9 Å². The van der Waals surface area contributed by atoms with Crippen LogP contribution in [0.15, 0.2) is 54.9 Å². The van der Waals surface area contributed by atoms with Gasteiger partial charge >= 0.3 is 0 Å². The molecule has 1 aliphatic rings. The molecule has 1 heterocycles. The van der Waals surface area contributed by atoms with Crippen molar-refractivity contribution in [3.63, 3.8) is 0 Å². The third-order valence-electron chi connectivity index (χ3n) is 4.97. The summed E-state index contributed by atoms with van der Waals surface area (Å²) in [5.74, 6) is 0.475. The molecule has 30 heavy (non-hydrogen) atoms. The monoisotopic (exact) mass is 401 g/mol. The highest BCUT2D eigenvalue weighted by atomic mass is 16.2. The summed E-state index contributed by atoms with van der Waals surface area (Å²) in [6.07, 6.45) is 5.58. The molecule has 1 aromatic heterocycles. The Morgan fingerprint density at radius 1 is 1.03 bits per heavy atom. The second-order valence-corrected chi connectivity index (χ2v) is 7.56. The molecule has 2 amide bonds. The highest BCUT2D eigenvalue weighted by molar-refractivity contribution is 6.06. The molecule has 2 aromatic carbocycles. The first kappa shape index (κ1) is 19.6. The number of nitrogens with one attached hydrogen (secondary N) is 2. The quantitative estimate of drug-likeness (QED) is 0.547. The van der Waals surface area contributed by atoms with E-state index in [4.69, 9.17) is 5.73 Å². The van der Waals surface area contributed by atoms with Crippen molar-refractivity contribution in [2.75, 3.05) is 16.4 Å². The average molecular weight is 401 g/mol. The van der Waals surface area contributed by atoms with Crippen LogP contribution >= 0.6 is 0 Å². The molecule has 0 bridgehead atoms. The predicted octanol–water partition coefficient (Wildman–Crippen LogP) is 3.56. The fourth-order valence-electron chi connectivity index (χ4n) is 3.13. The number of nitrogen functional groups attached to an aromatic ring is 1. The molecule has 0 spiro atoms. The van der Waals surface area contributed by atoms with Crippen LogP contribution in [0.2, 0.25) is 0 Å². The molecule has 0 unspecified atom stereocenters. The van der Waals surface area contributed by atoms with Crippen molar-refractivity contribution in [2.45, 2.75) is 26.2 Å². The molecule has 1 fully saturated rings. The van der Waals surface area contributed by atoms with Gasteiger partial charge in [0.25, 0.3) is 5.91 Å². The molecule has 4 rings (SSSR count). The lowest BCUT2D eigenvalue weighted by Crippen LogP contribution is -2.16. The normalized spacial score (nSPS) is 13.0. The van der Waals surface area contributed by atoms with E-state index in [-0.39, 0.29) is 17.7 Å². The molecule has 0 radical (unpaired) electrons. The number of hydrogen-bond donors (Lipinski definition) is 3. The van der Waals surface area contributed by atoms with Gasteiger partial charge in [-0.1, -0.05) is 18.2 Å². The second kappa shape index (κ2) is 8.32. The molecule has 0 saturated heterocycles. The standard InChI is InChI=1S/C23H23N5O2/c1-14-5-8-18(27-22(29)16-6-7-16)11-20(14)23(30)28-19-12-25-21(26-13-19)10-15-3-2-4-17(24)9-15/h2-5,8-9,11-13,16H,6-7,10,24H2,1H3,(H,27,29)(H,28,30). The van der Waals surface area contributed by atoms with E-state index in [1.807, 2.05) is 37.3 Å². The van der Waals surface area contributed by atoms with Crippen LogP contribution in [0.25, 0.3) is 0 Å². The minimum atomic E-state index is -0.276. The highest BCUT2D eigenvalue weighted by Gasteiger charge is 2.29. The number of carbonyl (C=O) groups is 2. The Labute approximate surface area is 174 Å². The van der Waals surface area contributed by atoms with E-state index in [1.54, 1.807) is 24.5 Å². The summed E-state index contributed by atoms with van der Waals surface area (Å²) in [7, 11) is 0. The number of amides is 2. The van der Waals surface area contributed by atoms with E-state index in [0.717, 1.165) is 24.0 Å². The lowest BCUT2D eigenvalue weighted by atomic mass is 10.1. The van der Waals surface area contributed by atoms with Crippen molar-refractivity contribution in [2.24, 2.45) is 5.92 Å². The Balaban J connectivity index is 1.42. The molecular formula is C23H23N5O2. The average Bonchev–Trinajstić information content (AvgIpc) is 3.56. The van der Waals surface area contributed by atoms with Crippen LogP contribution in [-0.2, 0) is 11.2 Å². The number of anilines is 3. The number of hydrogen-bond acceptors (Lipinski definition) is 5. The SMILES string of the molecule is Cc1ccc(NC(=O)C2CC2)cc1C(=O)Nc1cnc(Cc2cccc(N)c2)nc1. The van der Waals surface area contributed by atoms with Crippen LogP contribution in [-0.4, -0.2) is 21.8 Å². The molecule has 4 N–H and O–H groups in total. The molecule has 1 aliphatic carbocycles. The third-order valence-corrected chi connectivity index (χ3v) is 4.97. The molecule has 1 saturated carbocycles. The number of nitrogens with zero attached hydrogens (tertiary/aromatic N) is 2. The number of benzene rings is 2. The first-order chi connectivity index (χ1) is 14.5. The van der Waals surface area contributed by atoms with Gasteiger partial charge in [0.1, 0.15) is 5.82 Å². The van der Waals surface area contributed by atoms with E-state index < -0.39 is 0 Å². The van der Waals surface area contributed by atoms with Crippen molar-refractivity contribution in [1.82, 2.24) is 9.97 Å². The zero-order valence-electron chi connectivity index (χ0n) is 16.7. The largest absolute Gasteiger partial charge is 0.399 e. The fraction of sp³-hybridized carbons (Fsp3) is 0.217. The molecule has 0 aliphatic heterocycles. The zero-order valence-corrected chi connectivity index (χ0v) is 16.7. The van der Waals surface area contributed by atoms with Crippen LogP contribution in [0.3, 0.4) is 0 Å². The third kappa shape index (κ3) is 4.81. The summed E-state index contributed by atoms with van der Waals surface area (Å²) in [6, 6.07) is 12.9. The Kier molecular flexibility index (Phi) is 5.43. The van der Waals surface area contributed by atoms with Gasteiger partial charge in [-0.05, 0) is 55.2 Å². The van der Waals surface area contributed by atoms with Gasteiger partial charge in [-0.3, -0.25) is 9.59 Å². The molecule has 7 heteroatoms. The van der Waals surface area contributed by atoms with Crippen LogP contribution in [0, 0.1) is 12.8 Å². The molecule has 152 valence electrons. The van der Waals surface area contributed by atoms with Crippen LogP contribution < -0.4 is 16.4 Å². The van der Waals surface area contributed by atoms with Gasteiger partial charge in [0.15, 0.2) is 0 Å². The van der Waals surface area contributed by atoms with Gasteiger partial charge in [-0.2, -0.15) is 0 Å².